The maximum atomic E-state index is 12.4. The van der Waals surface area contributed by atoms with E-state index in [0.717, 1.165) is 17.8 Å². The van der Waals surface area contributed by atoms with Gasteiger partial charge in [-0.1, -0.05) is 38.1 Å². The maximum absolute atomic E-state index is 12.4. The van der Waals surface area contributed by atoms with Gasteiger partial charge in [-0.25, -0.2) is 0 Å². The lowest BCUT2D eigenvalue weighted by atomic mass is 10.0. The fraction of sp³-hybridized carbons (Fsp3) is 0.292. The highest BCUT2D eigenvalue weighted by molar-refractivity contribution is 7.80. The molecule has 3 aromatic rings. The van der Waals surface area contributed by atoms with Gasteiger partial charge < -0.3 is 5.32 Å². The molecule has 0 atom stereocenters. The summed E-state index contributed by atoms with van der Waals surface area (Å²) in [6, 6.07) is 15.6. The fourth-order valence-electron chi connectivity index (χ4n) is 3.34. The second-order valence-corrected chi connectivity index (χ2v) is 8.24. The Kier molecular flexibility index (Phi) is 6.67. The van der Waals surface area contributed by atoms with Crippen molar-refractivity contribution in [2.75, 3.05) is 5.32 Å². The number of carbonyl (C=O) groups excluding carboxylic acids is 1. The minimum absolute atomic E-state index is 0.220. The van der Waals surface area contributed by atoms with Gasteiger partial charge in [-0.3, -0.25) is 14.8 Å². The third kappa shape index (κ3) is 5.13. The average Bonchev–Trinajstić information content (AvgIpc) is 2.95. The summed E-state index contributed by atoms with van der Waals surface area (Å²) in [7, 11) is 1.97. The number of aryl methyl sites for hydroxylation is 2. The van der Waals surface area contributed by atoms with Crippen molar-refractivity contribution >= 4 is 28.9 Å². The second kappa shape index (κ2) is 9.22. The Bertz CT molecular complexity index is 1050. The molecule has 2 aromatic carbocycles. The van der Waals surface area contributed by atoms with Crippen LogP contribution < -0.4 is 10.6 Å². The van der Waals surface area contributed by atoms with Gasteiger partial charge >= 0.3 is 0 Å². The van der Waals surface area contributed by atoms with Crippen molar-refractivity contribution in [3.05, 3.63) is 82.2 Å². The predicted octanol–water partition coefficient (Wildman–Crippen LogP) is 4.88. The van der Waals surface area contributed by atoms with Crippen LogP contribution in [0.3, 0.4) is 0 Å². The van der Waals surface area contributed by atoms with Crippen LogP contribution in [-0.4, -0.2) is 20.8 Å². The molecule has 3 rings (SSSR count). The fourth-order valence-corrected chi connectivity index (χ4v) is 3.55. The molecule has 6 heteroatoms. The lowest BCUT2D eigenvalue weighted by molar-refractivity contribution is 0.0977. The van der Waals surface area contributed by atoms with Crippen LogP contribution in [-0.2, 0) is 13.5 Å². The van der Waals surface area contributed by atoms with E-state index in [1.54, 1.807) is 0 Å². The minimum atomic E-state index is -0.220. The molecule has 1 amide bonds. The number of anilines is 1. The van der Waals surface area contributed by atoms with Gasteiger partial charge in [0.1, 0.15) is 0 Å². The van der Waals surface area contributed by atoms with Gasteiger partial charge in [0, 0.05) is 36.0 Å². The minimum Gasteiger partial charge on any atom is -0.332 e. The highest BCUT2D eigenvalue weighted by Gasteiger charge is 2.11. The van der Waals surface area contributed by atoms with Crippen LogP contribution in [0.25, 0.3) is 0 Å². The van der Waals surface area contributed by atoms with Crippen LogP contribution in [0.4, 0.5) is 5.69 Å². The van der Waals surface area contributed by atoms with E-state index < -0.39 is 0 Å². The molecule has 0 unspecified atom stereocenters. The van der Waals surface area contributed by atoms with Crippen molar-refractivity contribution in [3.63, 3.8) is 0 Å². The number of benzene rings is 2. The second-order valence-electron chi connectivity index (χ2n) is 7.83. The summed E-state index contributed by atoms with van der Waals surface area (Å²) >= 11 is 5.30. The Labute approximate surface area is 183 Å². The molecule has 5 nitrogen and oxygen atoms in total. The van der Waals surface area contributed by atoms with E-state index in [0.29, 0.717) is 11.5 Å². The van der Waals surface area contributed by atoms with Crippen LogP contribution in [0, 0.1) is 13.8 Å². The third-order valence-corrected chi connectivity index (χ3v) is 5.52. The van der Waals surface area contributed by atoms with Crippen LogP contribution in [0.2, 0.25) is 0 Å². The molecule has 0 radical (unpaired) electrons. The normalized spacial score (nSPS) is 10.9. The largest absolute Gasteiger partial charge is 0.332 e. The van der Waals surface area contributed by atoms with E-state index in [-0.39, 0.29) is 11.0 Å². The van der Waals surface area contributed by atoms with E-state index >= 15 is 0 Å². The Hall–Kier alpha value is -2.99. The zero-order valence-electron chi connectivity index (χ0n) is 18.1. The van der Waals surface area contributed by atoms with Gasteiger partial charge in [-0.2, -0.15) is 5.10 Å². The first-order valence-corrected chi connectivity index (χ1v) is 10.5. The summed E-state index contributed by atoms with van der Waals surface area (Å²) in [5, 5.41) is 10.6. The zero-order chi connectivity index (χ0) is 21.8. The number of hydrogen-bond acceptors (Lipinski definition) is 3. The van der Waals surface area contributed by atoms with Crippen LogP contribution >= 0.6 is 12.2 Å². The molecule has 0 aliphatic rings. The van der Waals surface area contributed by atoms with Crippen molar-refractivity contribution < 1.29 is 4.79 Å². The highest BCUT2D eigenvalue weighted by atomic mass is 32.1. The first-order chi connectivity index (χ1) is 14.2. The van der Waals surface area contributed by atoms with Crippen molar-refractivity contribution in [1.82, 2.24) is 15.1 Å². The highest BCUT2D eigenvalue weighted by Crippen LogP contribution is 2.19. The molecule has 0 spiro atoms. The molecular formula is C24H28N4OS. The SMILES string of the molecule is Cc1nn(C)c(C)c1Cc1ccc(NC(=S)NC(=O)c2ccc(C(C)C)cc2)cc1. The van der Waals surface area contributed by atoms with Gasteiger partial charge in [-0.05, 0) is 67.4 Å². The zero-order valence-corrected chi connectivity index (χ0v) is 18.9. The number of nitrogens with one attached hydrogen (secondary N) is 2. The van der Waals surface area contributed by atoms with Crippen molar-refractivity contribution in [3.8, 4) is 0 Å². The smallest absolute Gasteiger partial charge is 0.257 e. The predicted molar refractivity (Wildman–Crippen MR) is 126 cm³/mol. The van der Waals surface area contributed by atoms with Gasteiger partial charge in [-0.15, -0.1) is 0 Å². The molecular weight excluding hydrogens is 392 g/mol. The number of hydrogen-bond donors (Lipinski definition) is 2. The summed E-state index contributed by atoms with van der Waals surface area (Å²) in [6.07, 6.45) is 0.833. The molecule has 0 aliphatic heterocycles. The topological polar surface area (TPSA) is 59.0 Å². The third-order valence-electron chi connectivity index (χ3n) is 5.32. The quantitative estimate of drug-likeness (QED) is 0.578. The number of nitrogens with zero attached hydrogens (tertiary/aromatic N) is 2. The number of carbonyl (C=O) groups is 1. The number of rotatable bonds is 5. The first kappa shape index (κ1) is 21.7. The Morgan fingerprint density at radius 2 is 1.70 bits per heavy atom. The van der Waals surface area contributed by atoms with E-state index in [4.69, 9.17) is 12.2 Å². The van der Waals surface area contributed by atoms with Gasteiger partial charge in [0.2, 0.25) is 0 Å². The first-order valence-electron chi connectivity index (χ1n) is 10.0. The van der Waals surface area contributed by atoms with Gasteiger partial charge in [0.25, 0.3) is 5.91 Å². The Morgan fingerprint density at radius 1 is 1.07 bits per heavy atom. The molecule has 0 saturated heterocycles. The molecule has 0 saturated carbocycles. The van der Waals surface area contributed by atoms with Gasteiger partial charge in [0.15, 0.2) is 5.11 Å². The monoisotopic (exact) mass is 420 g/mol. The molecule has 0 fully saturated rings. The van der Waals surface area contributed by atoms with Crippen LogP contribution in [0.1, 0.15) is 58.2 Å². The summed E-state index contributed by atoms with van der Waals surface area (Å²) in [4.78, 5) is 12.4. The maximum Gasteiger partial charge on any atom is 0.257 e. The molecule has 1 heterocycles. The lowest BCUT2D eigenvalue weighted by Crippen LogP contribution is -2.34. The molecule has 0 aliphatic carbocycles. The van der Waals surface area contributed by atoms with Crippen molar-refractivity contribution in [2.24, 2.45) is 7.05 Å². The summed E-state index contributed by atoms with van der Waals surface area (Å²) < 4.78 is 1.91. The number of thiocarbonyl (C=S) groups is 1. The van der Waals surface area contributed by atoms with E-state index in [2.05, 4.69) is 48.6 Å². The average molecular weight is 421 g/mol. The molecule has 1 aromatic heterocycles. The van der Waals surface area contributed by atoms with E-state index in [9.17, 15) is 4.79 Å². The molecule has 2 N–H and O–H groups in total. The lowest BCUT2D eigenvalue weighted by Gasteiger charge is -2.11. The molecule has 30 heavy (non-hydrogen) atoms. The summed E-state index contributed by atoms with van der Waals surface area (Å²) in [5.41, 5.74) is 7.30. The summed E-state index contributed by atoms with van der Waals surface area (Å²) in [5.74, 6) is 0.209. The Balaban J connectivity index is 1.58. The Morgan fingerprint density at radius 3 is 2.23 bits per heavy atom. The van der Waals surface area contributed by atoms with E-state index in [1.807, 2.05) is 55.1 Å². The van der Waals surface area contributed by atoms with Crippen LogP contribution in [0.15, 0.2) is 48.5 Å². The van der Waals surface area contributed by atoms with Crippen molar-refractivity contribution in [2.45, 2.75) is 40.0 Å². The van der Waals surface area contributed by atoms with Crippen molar-refractivity contribution in [1.29, 1.82) is 0 Å². The number of amides is 1. The van der Waals surface area contributed by atoms with E-state index in [1.165, 1.54) is 22.4 Å². The number of aromatic nitrogens is 2. The standard InChI is InChI=1S/C24H28N4OS/c1-15(2)19-8-10-20(11-9-19)23(29)26-24(30)25-21-12-6-18(7-13-21)14-22-16(3)27-28(5)17(22)4/h6-13,15H,14H2,1-5H3,(H2,25,26,29,30). The summed E-state index contributed by atoms with van der Waals surface area (Å²) in [6.45, 7) is 8.37. The van der Waals surface area contributed by atoms with Crippen LogP contribution in [0.5, 0.6) is 0 Å². The molecule has 156 valence electrons. The van der Waals surface area contributed by atoms with Gasteiger partial charge in [0.05, 0.1) is 5.69 Å². The molecule has 0 bridgehead atoms.